The second-order valence-corrected chi connectivity index (χ2v) is 4.50. The van der Waals surface area contributed by atoms with Gasteiger partial charge in [0, 0.05) is 12.6 Å². The summed E-state index contributed by atoms with van der Waals surface area (Å²) < 4.78 is 0. The summed E-state index contributed by atoms with van der Waals surface area (Å²) in [6.07, 6.45) is 4.45. The fraction of sp³-hybridized carbons (Fsp3) is 1.00. The molecule has 3 unspecified atom stereocenters. The lowest BCUT2D eigenvalue weighted by molar-refractivity contribution is 0.0904. The second kappa shape index (κ2) is 5.69. The molecule has 0 bridgehead atoms. The molecule has 0 heterocycles. The van der Waals surface area contributed by atoms with Crippen molar-refractivity contribution in [1.29, 1.82) is 0 Å². The molecular weight excluding hydrogens is 176 g/mol. The molecule has 0 spiro atoms. The standard InChI is InChI=1S/C11H24N2O/c1-3-10(14)8-13(2)11-6-4-5-9(11)7-12/h9-11,14H,3-8,12H2,1-2H3. The minimum Gasteiger partial charge on any atom is -0.392 e. The Bertz CT molecular complexity index is 163. The zero-order valence-electron chi connectivity index (χ0n) is 9.45. The zero-order valence-corrected chi connectivity index (χ0v) is 9.45. The molecule has 3 N–H and O–H groups in total. The molecule has 1 fully saturated rings. The van der Waals surface area contributed by atoms with Crippen molar-refractivity contribution >= 4 is 0 Å². The second-order valence-electron chi connectivity index (χ2n) is 4.50. The van der Waals surface area contributed by atoms with E-state index in [1.165, 1.54) is 19.3 Å². The minimum absolute atomic E-state index is 0.181. The first-order valence-corrected chi connectivity index (χ1v) is 5.77. The van der Waals surface area contributed by atoms with Crippen LogP contribution in [0.25, 0.3) is 0 Å². The predicted molar refractivity (Wildman–Crippen MR) is 59.1 cm³/mol. The van der Waals surface area contributed by atoms with Crippen molar-refractivity contribution in [2.24, 2.45) is 11.7 Å². The van der Waals surface area contributed by atoms with E-state index in [-0.39, 0.29) is 6.10 Å². The summed E-state index contributed by atoms with van der Waals surface area (Å²) >= 11 is 0. The van der Waals surface area contributed by atoms with Crippen molar-refractivity contribution in [2.45, 2.75) is 44.8 Å². The maximum Gasteiger partial charge on any atom is 0.0664 e. The third-order valence-electron chi connectivity index (χ3n) is 3.46. The molecule has 0 aliphatic heterocycles. The molecule has 1 aliphatic rings. The van der Waals surface area contributed by atoms with E-state index in [2.05, 4.69) is 11.9 Å². The van der Waals surface area contributed by atoms with Crippen molar-refractivity contribution in [1.82, 2.24) is 4.90 Å². The Hall–Kier alpha value is -0.120. The van der Waals surface area contributed by atoms with E-state index in [0.717, 1.165) is 19.5 Å². The Balaban J connectivity index is 2.38. The van der Waals surface area contributed by atoms with Crippen LogP contribution in [-0.4, -0.2) is 42.3 Å². The van der Waals surface area contributed by atoms with Gasteiger partial charge >= 0.3 is 0 Å². The molecule has 84 valence electrons. The van der Waals surface area contributed by atoms with Gasteiger partial charge in [0.15, 0.2) is 0 Å². The van der Waals surface area contributed by atoms with Gasteiger partial charge in [0.2, 0.25) is 0 Å². The van der Waals surface area contributed by atoms with E-state index in [1.54, 1.807) is 0 Å². The Morgan fingerprint density at radius 2 is 2.21 bits per heavy atom. The molecule has 0 aromatic carbocycles. The number of aliphatic hydroxyl groups excluding tert-OH is 1. The molecule has 3 nitrogen and oxygen atoms in total. The number of hydrogen-bond donors (Lipinski definition) is 2. The normalized spacial score (nSPS) is 29.8. The van der Waals surface area contributed by atoms with E-state index in [4.69, 9.17) is 5.73 Å². The molecule has 3 atom stereocenters. The van der Waals surface area contributed by atoms with Gasteiger partial charge in [-0.15, -0.1) is 0 Å². The summed E-state index contributed by atoms with van der Waals surface area (Å²) in [5.41, 5.74) is 5.74. The molecule has 1 aliphatic carbocycles. The van der Waals surface area contributed by atoms with Crippen LogP contribution in [0.1, 0.15) is 32.6 Å². The van der Waals surface area contributed by atoms with Crippen molar-refractivity contribution in [3.8, 4) is 0 Å². The molecule has 0 amide bonds. The third-order valence-corrected chi connectivity index (χ3v) is 3.46. The summed E-state index contributed by atoms with van der Waals surface area (Å²) in [5.74, 6) is 0.643. The number of rotatable bonds is 5. The third kappa shape index (κ3) is 2.94. The topological polar surface area (TPSA) is 49.5 Å². The number of hydrogen-bond acceptors (Lipinski definition) is 3. The number of nitrogens with two attached hydrogens (primary N) is 1. The maximum atomic E-state index is 9.57. The van der Waals surface area contributed by atoms with Gasteiger partial charge in [-0.05, 0) is 38.8 Å². The molecular formula is C11H24N2O. The smallest absolute Gasteiger partial charge is 0.0664 e. The first-order valence-electron chi connectivity index (χ1n) is 5.77. The largest absolute Gasteiger partial charge is 0.392 e. The summed E-state index contributed by atoms with van der Waals surface area (Å²) in [5, 5.41) is 9.57. The first-order chi connectivity index (χ1) is 6.69. The predicted octanol–water partition coefficient (Wildman–Crippen LogP) is 0.816. The highest BCUT2D eigenvalue weighted by molar-refractivity contribution is 4.85. The van der Waals surface area contributed by atoms with Crippen LogP contribution < -0.4 is 5.73 Å². The Labute approximate surface area is 87.3 Å². The highest BCUT2D eigenvalue weighted by Gasteiger charge is 2.29. The van der Waals surface area contributed by atoms with Crippen LogP contribution in [-0.2, 0) is 0 Å². The van der Waals surface area contributed by atoms with Crippen molar-refractivity contribution < 1.29 is 5.11 Å². The van der Waals surface area contributed by atoms with Crippen molar-refractivity contribution in [2.75, 3.05) is 20.1 Å². The van der Waals surface area contributed by atoms with Crippen molar-refractivity contribution in [3.63, 3.8) is 0 Å². The highest BCUT2D eigenvalue weighted by Crippen LogP contribution is 2.28. The van der Waals surface area contributed by atoms with Crippen LogP contribution in [0.3, 0.4) is 0 Å². The molecule has 1 rings (SSSR count). The van der Waals surface area contributed by atoms with E-state index < -0.39 is 0 Å². The van der Waals surface area contributed by atoms with E-state index in [1.807, 2.05) is 6.92 Å². The van der Waals surface area contributed by atoms with Gasteiger partial charge < -0.3 is 15.7 Å². The van der Waals surface area contributed by atoms with Gasteiger partial charge in [-0.1, -0.05) is 13.3 Å². The van der Waals surface area contributed by atoms with E-state index in [0.29, 0.717) is 12.0 Å². The fourth-order valence-corrected chi connectivity index (χ4v) is 2.47. The van der Waals surface area contributed by atoms with Crippen LogP contribution >= 0.6 is 0 Å². The zero-order chi connectivity index (χ0) is 10.6. The van der Waals surface area contributed by atoms with Crippen LogP contribution in [0.15, 0.2) is 0 Å². The van der Waals surface area contributed by atoms with Gasteiger partial charge in [-0.2, -0.15) is 0 Å². The Morgan fingerprint density at radius 1 is 1.50 bits per heavy atom. The summed E-state index contributed by atoms with van der Waals surface area (Å²) in [6, 6.07) is 0.598. The van der Waals surface area contributed by atoms with Gasteiger partial charge in [0.25, 0.3) is 0 Å². The van der Waals surface area contributed by atoms with Crippen molar-refractivity contribution in [3.05, 3.63) is 0 Å². The molecule has 3 heteroatoms. The van der Waals surface area contributed by atoms with E-state index >= 15 is 0 Å². The van der Waals surface area contributed by atoms with Crippen LogP contribution in [0.4, 0.5) is 0 Å². The van der Waals surface area contributed by atoms with Crippen LogP contribution in [0, 0.1) is 5.92 Å². The molecule has 1 saturated carbocycles. The van der Waals surface area contributed by atoms with Gasteiger partial charge in [0.05, 0.1) is 6.10 Å². The lowest BCUT2D eigenvalue weighted by Crippen LogP contribution is -2.41. The molecule has 0 aromatic rings. The lowest BCUT2D eigenvalue weighted by Gasteiger charge is -2.30. The number of aliphatic hydroxyl groups is 1. The molecule has 0 aromatic heterocycles. The minimum atomic E-state index is -0.181. The summed E-state index contributed by atoms with van der Waals surface area (Å²) in [6.45, 7) is 3.60. The van der Waals surface area contributed by atoms with Gasteiger partial charge in [0.1, 0.15) is 0 Å². The van der Waals surface area contributed by atoms with Crippen LogP contribution in [0.2, 0.25) is 0 Å². The Kier molecular flexibility index (Phi) is 4.85. The lowest BCUT2D eigenvalue weighted by atomic mass is 10.0. The fourth-order valence-electron chi connectivity index (χ4n) is 2.47. The number of likely N-dealkylation sites (N-methyl/N-ethyl adjacent to an activating group) is 1. The molecule has 14 heavy (non-hydrogen) atoms. The highest BCUT2D eigenvalue weighted by atomic mass is 16.3. The average molecular weight is 200 g/mol. The Morgan fingerprint density at radius 3 is 2.79 bits per heavy atom. The quantitative estimate of drug-likeness (QED) is 0.690. The van der Waals surface area contributed by atoms with E-state index in [9.17, 15) is 5.11 Å². The van der Waals surface area contributed by atoms with Crippen LogP contribution in [0.5, 0.6) is 0 Å². The van der Waals surface area contributed by atoms with Gasteiger partial charge in [-0.25, -0.2) is 0 Å². The first kappa shape index (κ1) is 12.0. The molecule has 0 saturated heterocycles. The average Bonchev–Trinajstić information content (AvgIpc) is 2.65. The monoisotopic (exact) mass is 200 g/mol. The van der Waals surface area contributed by atoms with Gasteiger partial charge in [-0.3, -0.25) is 0 Å². The molecule has 0 radical (unpaired) electrons. The SMILES string of the molecule is CCC(O)CN(C)C1CCCC1CN. The summed E-state index contributed by atoms with van der Waals surface area (Å²) in [4.78, 5) is 2.29. The summed E-state index contributed by atoms with van der Waals surface area (Å²) in [7, 11) is 2.11. The number of nitrogens with zero attached hydrogens (tertiary/aromatic N) is 1. The maximum absolute atomic E-state index is 9.57.